The third kappa shape index (κ3) is 2.56. The first kappa shape index (κ1) is 9.74. The van der Waals surface area contributed by atoms with Gasteiger partial charge in [0.1, 0.15) is 5.75 Å². The van der Waals surface area contributed by atoms with Crippen LogP contribution in [0.1, 0.15) is 6.92 Å². The van der Waals surface area contributed by atoms with Crippen LogP contribution in [0.15, 0.2) is 30.3 Å². The molecule has 0 amide bonds. The Morgan fingerprint density at radius 2 is 1.92 bits per heavy atom. The van der Waals surface area contributed by atoms with Crippen molar-refractivity contribution >= 4 is 6.29 Å². The van der Waals surface area contributed by atoms with Gasteiger partial charge in [-0.3, -0.25) is 4.79 Å². The van der Waals surface area contributed by atoms with Crippen LogP contribution in [0, 0.1) is 0 Å². The Bertz CT molecular complexity index is 271. The van der Waals surface area contributed by atoms with E-state index < -0.39 is 5.79 Å². The molecule has 0 heterocycles. The van der Waals surface area contributed by atoms with Crippen LogP contribution < -0.4 is 4.74 Å². The normalized spacial score (nSPS) is 14.6. The van der Waals surface area contributed by atoms with E-state index in [2.05, 4.69) is 0 Å². The molecule has 0 aliphatic carbocycles. The highest BCUT2D eigenvalue weighted by molar-refractivity contribution is 5.60. The molecule has 70 valence electrons. The minimum atomic E-state index is -1.19. The molecule has 0 saturated carbocycles. The Hall–Kier alpha value is -1.35. The third-order valence-electron chi connectivity index (χ3n) is 1.68. The number of aldehydes is 1. The van der Waals surface area contributed by atoms with Gasteiger partial charge in [-0.25, -0.2) is 0 Å². The molecule has 1 unspecified atom stereocenters. The second kappa shape index (κ2) is 4.05. The first-order valence-electron chi connectivity index (χ1n) is 3.96. The van der Waals surface area contributed by atoms with Gasteiger partial charge in [-0.15, -0.1) is 0 Å². The van der Waals surface area contributed by atoms with Gasteiger partial charge in [0, 0.05) is 14.0 Å². The number of hydrogen-bond acceptors (Lipinski definition) is 3. The summed E-state index contributed by atoms with van der Waals surface area (Å²) in [6.45, 7) is 1.56. The average Bonchev–Trinajstić information content (AvgIpc) is 2.19. The van der Waals surface area contributed by atoms with Crippen LogP contribution in [0.2, 0.25) is 0 Å². The van der Waals surface area contributed by atoms with Gasteiger partial charge in [0.25, 0.3) is 5.79 Å². The van der Waals surface area contributed by atoms with Crippen molar-refractivity contribution in [2.45, 2.75) is 12.7 Å². The number of benzene rings is 1. The standard InChI is InChI=1S/C10H12O3/c1-10(8-11,12-2)13-9-6-4-3-5-7-9/h3-8H,1-2H3. The maximum Gasteiger partial charge on any atom is 0.264 e. The van der Waals surface area contributed by atoms with Gasteiger partial charge in [0.15, 0.2) is 6.29 Å². The number of ether oxygens (including phenoxy) is 2. The summed E-state index contributed by atoms with van der Waals surface area (Å²) in [4.78, 5) is 10.6. The van der Waals surface area contributed by atoms with Crippen molar-refractivity contribution < 1.29 is 14.3 Å². The second-order valence-corrected chi connectivity index (χ2v) is 2.75. The van der Waals surface area contributed by atoms with E-state index in [0.29, 0.717) is 12.0 Å². The number of hydrogen-bond donors (Lipinski definition) is 0. The molecular weight excluding hydrogens is 168 g/mol. The van der Waals surface area contributed by atoms with Crippen molar-refractivity contribution in [3.63, 3.8) is 0 Å². The lowest BCUT2D eigenvalue weighted by Gasteiger charge is -2.22. The largest absolute Gasteiger partial charge is 0.455 e. The van der Waals surface area contributed by atoms with Crippen LogP contribution >= 0.6 is 0 Å². The van der Waals surface area contributed by atoms with Gasteiger partial charge >= 0.3 is 0 Å². The molecule has 1 aromatic rings. The second-order valence-electron chi connectivity index (χ2n) is 2.75. The van der Waals surface area contributed by atoms with Gasteiger partial charge in [0.2, 0.25) is 0 Å². The molecule has 3 heteroatoms. The van der Waals surface area contributed by atoms with Gasteiger partial charge in [0.05, 0.1) is 0 Å². The summed E-state index contributed by atoms with van der Waals surface area (Å²) in [6.07, 6.45) is 0.625. The van der Waals surface area contributed by atoms with E-state index in [1.807, 2.05) is 18.2 Å². The highest BCUT2D eigenvalue weighted by Crippen LogP contribution is 2.16. The Morgan fingerprint density at radius 1 is 1.31 bits per heavy atom. The van der Waals surface area contributed by atoms with Crippen LogP contribution in [0.25, 0.3) is 0 Å². The van der Waals surface area contributed by atoms with Gasteiger partial charge in [-0.05, 0) is 12.1 Å². The zero-order valence-corrected chi connectivity index (χ0v) is 7.69. The maximum atomic E-state index is 10.6. The van der Waals surface area contributed by atoms with Gasteiger partial charge < -0.3 is 9.47 Å². The fourth-order valence-electron chi connectivity index (χ4n) is 0.836. The van der Waals surface area contributed by atoms with Crippen molar-refractivity contribution in [1.29, 1.82) is 0 Å². The van der Waals surface area contributed by atoms with Crippen molar-refractivity contribution in [3.05, 3.63) is 30.3 Å². The van der Waals surface area contributed by atoms with E-state index in [4.69, 9.17) is 9.47 Å². The summed E-state index contributed by atoms with van der Waals surface area (Å²) < 4.78 is 10.2. The first-order chi connectivity index (χ1) is 6.20. The van der Waals surface area contributed by atoms with Crippen LogP contribution in [0.3, 0.4) is 0 Å². The Kier molecular flexibility index (Phi) is 3.03. The molecule has 0 spiro atoms. The van der Waals surface area contributed by atoms with E-state index in [1.54, 1.807) is 19.1 Å². The Balaban J connectivity index is 2.73. The number of carbonyl (C=O) groups is 1. The molecule has 0 fully saturated rings. The fraction of sp³-hybridized carbons (Fsp3) is 0.300. The van der Waals surface area contributed by atoms with Crippen LogP contribution in [0.5, 0.6) is 5.75 Å². The summed E-state index contributed by atoms with van der Waals surface area (Å²) in [5.41, 5.74) is 0. The quantitative estimate of drug-likeness (QED) is 0.521. The SMILES string of the molecule is COC(C)(C=O)Oc1ccccc1. The zero-order chi connectivity index (χ0) is 9.73. The zero-order valence-electron chi connectivity index (χ0n) is 7.69. The monoisotopic (exact) mass is 180 g/mol. The summed E-state index contributed by atoms with van der Waals surface area (Å²) in [5.74, 6) is -0.583. The molecule has 13 heavy (non-hydrogen) atoms. The summed E-state index contributed by atoms with van der Waals surface area (Å²) in [6, 6.07) is 9.06. The van der Waals surface area contributed by atoms with Crippen molar-refractivity contribution in [3.8, 4) is 5.75 Å². The maximum absolute atomic E-state index is 10.6. The number of methoxy groups -OCH3 is 1. The lowest BCUT2D eigenvalue weighted by atomic mass is 10.3. The predicted molar refractivity (Wildman–Crippen MR) is 48.5 cm³/mol. The molecule has 0 radical (unpaired) electrons. The van der Waals surface area contributed by atoms with Gasteiger partial charge in [-0.1, -0.05) is 18.2 Å². The van der Waals surface area contributed by atoms with E-state index in [9.17, 15) is 4.79 Å². The minimum Gasteiger partial charge on any atom is -0.455 e. The molecule has 1 atom stereocenters. The Morgan fingerprint density at radius 3 is 2.38 bits per heavy atom. The number of para-hydroxylation sites is 1. The topological polar surface area (TPSA) is 35.5 Å². The molecule has 0 saturated heterocycles. The summed E-state index contributed by atoms with van der Waals surface area (Å²) >= 11 is 0. The summed E-state index contributed by atoms with van der Waals surface area (Å²) in [7, 11) is 1.43. The molecule has 3 nitrogen and oxygen atoms in total. The van der Waals surface area contributed by atoms with E-state index in [1.165, 1.54) is 7.11 Å². The molecule has 0 aliphatic heterocycles. The van der Waals surface area contributed by atoms with Crippen molar-refractivity contribution in [2.75, 3.05) is 7.11 Å². The van der Waals surface area contributed by atoms with E-state index in [0.717, 1.165) is 0 Å². The van der Waals surface area contributed by atoms with E-state index >= 15 is 0 Å². The molecule has 0 N–H and O–H groups in total. The molecule has 0 aliphatic rings. The lowest BCUT2D eigenvalue weighted by Crippen LogP contribution is -2.36. The third-order valence-corrected chi connectivity index (χ3v) is 1.68. The minimum absolute atomic E-state index is 0.610. The van der Waals surface area contributed by atoms with Crippen molar-refractivity contribution in [1.82, 2.24) is 0 Å². The lowest BCUT2D eigenvalue weighted by molar-refractivity contribution is -0.163. The van der Waals surface area contributed by atoms with Crippen LogP contribution in [-0.2, 0) is 9.53 Å². The Labute approximate surface area is 77.3 Å². The fourth-order valence-corrected chi connectivity index (χ4v) is 0.836. The molecular formula is C10H12O3. The van der Waals surface area contributed by atoms with Gasteiger partial charge in [-0.2, -0.15) is 0 Å². The van der Waals surface area contributed by atoms with Crippen LogP contribution in [-0.4, -0.2) is 19.2 Å². The van der Waals surface area contributed by atoms with Crippen LogP contribution in [0.4, 0.5) is 0 Å². The number of rotatable bonds is 4. The average molecular weight is 180 g/mol. The molecule has 1 aromatic carbocycles. The highest BCUT2D eigenvalue weighted by atomic mass is 16.7. The smallest absolute Gasteiger partial charge is 0.264 e. The molecule has 0 bridgehead atoms. The predicted octanol–water partition coefficient (Wildman–Crippen LogP) is 1.63. The molecule has 1 rings (SSSR count). The van der Waals surface area contributed by atoms with E-state index in [-0.39, 0.29) is 0 Å². The van der Waals surface area contributed by atoms with Crippen molar-refractivity contribution in [2.24, 2.45) is 0 Å². The highest BCUT2D eigenvalue weighted by Gasteiger charge is 2.24. The summed E-state index contributed by atoms with van der Waals surface area (Å²) in [5, 5.41) is 0. The number of carbonyl (C=O) groups excluding carboxylic acids is 1. The first-order valence-corrected chi connectivity index (χ1v) is 3.96. The molecule has 0 aromatic heterocycles.